The molecule has 0 spiro atoms. The molecule has 0 radical (unpaired) electrons. The number of morpholine rings is 1. The van der Waals surface area contributed by atoms with Gasteiger partial charge in [-0.25, -0.2) is 0 Å². The second kappa shape index (κ2) is 8.86. The van der Waals surface area contributed by atoms with Gasteiger partial charge in [-0.2, -0.15) is 5.26 Å². The lowest BCUT2D eigenvalue weighted by Gasteiger charge is -2.29. The molecule has 1 aliphatic carbocycles. The zero-order valence-electron chi connectivity index (χ0n) is 15.4. The lowest BCUT2D eigenvalue weighted by molar-refractivity contribution is -0.118. The van der Waals surface area contributed by atoms with Crippen molar-refractivity contribution in [3.05, 3.63) is 35.4 Å². The molecule has 1 amide bonds. The molecular formula is C21H27N3O2. The van der Waals surface area contributed by atoms with Crippen LogP contribution in [-0.2, 0) is 9.53 Å². The Morgan fingerprint density at radius 1 is 1.23 bits per heavy atom. The molecule has 5 nitrogen and oxygen atoms in total. The van der Waals surface area contributed by atoms with Gasteiger partial charge in [-0.05, 0) is 42.5 Å². The predicted molar refractivity (Wildman–Crippen MR) is 103 cm³/mol. The van der Waals surface area contributed by atoms with Gasteiger partial charge in [0, 0.05) is 24.8 Å². The van der Waals surface area contributed by atoms with Crippen molar-refractivity contribution in [2.24, 2.45) is 5.92 Å². The van der Waals surface area contributed by atoms with E-state index >= 15 is 0 Å². The van der Waals surface area contributed by atoms with E-state index < -0.39 is 0 Å². The fourth-order valence-corrected chi connectivity index (χ4v) is 3.70. The topological polar surface area (TPSA) is 65.4 Å². The summed E-state index contributed by atoms with van der Waals surface area (Å²) in [5.41, 5.74) is 2.18. The normalized spacial score (nSPS) is 24.0. The lowest BCUT2D eigenvalue weighted by atomic mass is 9.86. The maximum absolute atomic E-state index is 12.5. The Hall–Kier alpha value is -2.32. The zero-order chi connectivity index (χ0) is 18.4. The highest BCUT2D eigenvalue weighted by molar-refractivity contribution is 6.01. The molecule has 0 aromatic heterocycles. The highest BCUT2D eigenvalue weighted by Gasteiger charge is 2.24. The molecule has 1 N–H and O–H groups in total. The molecular weight excluding hydrogens is 326 g/mol. The maximum Gasteiger partial charge on any atom is 0.262 e. The molecule has 1 aromatic carbocycles. The first-order valence-electron chi connectivity index (χ1n) is 9.53. The highest BCUT2D eigenvalue weighted by Crippen LogP contribution is 2.24. The van der Waals surface area contributed by atoms with E-state index in [1.165, 1.54) is 6.42 Å². The minimum absolute atomic E-state index is 0.168. The van der Waals surface area contributed by atoms with E-state index in [-0.39, 0.29) is 17.5 Å². The van der Waals surface area contributed by atoms with Gasteiger partial charge in [0.15, 0.2) is 0 Å². The minimum Gasteiger partial charge on any atom is -0.378 e. The fraction of sp³-hybridized carbons (Fsp3) is 0.524. The van der Waals surface area contributed by atoms with E-state index in [1.807, 2.05) is 24.3 Å². The van der Waals surface area contributed by atoms with Crippen LogP contribution in [0, 0.1) is 17.2 Å². The summed E-state index contributed by atoms with van der Waals surface area (Å²) in [5, 5.41) is 12.5. The average molecular weight is 353 g/mol. The molecule has 0 unspecified atom stereocenters. The molecule has 2 atom stereocenters. The third kappa shape index (κ3) is 4.64. The Bertz CT molecular complexity index is 684. The quantitative estimate of drug-likeness (QED) is 0.667. The number of anilines is 1. The van der Waals surface area contributed by atoms with Crippen LogP contribution in [-0.4, -0.2) is 38.3 Å². The first-order chi connectivity index (χ1) is 12.7. The van der Waals surface area contributed by atoms with E-state index in [0.717, 1.165) is 56.8 Å². The van der Waals surface area contributed by atoms with Crippen molar-refractivity contribution in [1.29, 1.82) is 5.26 Å². The number of carbonyl (C=O) groups excluding carboxylic acids is 1. The molecule has 5 heteroatoms. The molecule has 1 aromatic rings. The van der Waals surface area contributed by atoms with Gasteiger partial charge in [-0.15, -0.1) is 0 Å². The SMILES string of the molecule is C[C@H]1CCCC[C@H]1NC(=O)/C(C#N)=C/c1ccc(N2CCOCC2)cc1. The second-order valence-corrected chi connectivity index (χ2v) is 7.20. The maximum atomic E-state index is 12.5. The van der Waals surface area contributed by atoms with Crippen molar-refractivity contribution < 1.29 is 9.53 Å². The van der Waals surface area contributed by atoms with Crippen LogP contribution in [0.3, 0.4) is 0 Å². The molecule has 138 valence electrons. The number of nitriles is 1. The third-order valence-electron chi connectivity index (χ3n) is 5.37. The van der Waals surface area contributed by atoms with Crippen molar-refractivity contribution in [2.75, 3.05) is 31.2 Å². The number of carbonyl (C=O) groups is 1. The van der Waals surface area contributed by atoms with Gasteiger partial charge >= 0.3 is 0 Å². The Morgan fingerprint density at radius 3 is 2.58 bits per heavy atom. The Balaban J connectivity index is 1.66. The van der Waals surface area contributed by atoms with Crippen molar-refractivity contribution >= 4 is 17.7 Å². The van der Waals surface area contributed by atoms with Crippen LogP contribution >= 0.6 is 0 Å². The summed E-state index contributed by atoms with van der Waals surface area (Å²) in [6.07, 6.45) is 6.18. The van der Waals surface area contributed by atoms with Crippen LogP contribution in [0.25, 0.3) is 6.08 Å². The molecule has 1 aliphatic heterocycles. The van der Waals surface area contributed by atoms with Gasteiger partial charge < -0.3 is 15.0 Å². The Kier molecular flexibility index (Phi) is 6.30. The minimum atomic E-state index is -0.261. The van der Waals surface area contributed by atoms with E-state index in [4.69, 9.17) is 4.74 Å². The molecule has 2 aliphatic rings. The highest BCUT2D eigenvalue weighted by atomic mass is 16.5. The number of amides is 1. The lowest BCUT2D eigenvalue weighted by Crippen LogP contribution is -2.41. The van der Waals surface area contributed by atoms with E-state index in [2.05, 4.69) is 23.2 Å². The van der Waals surface area contributed by atoms with Crippen molar-refractivity contribution in [1.82, 2.24) is 5.32 Å². The summed E-state index contributed by atoms with van der Waals surface area (Å²) in [6.45, 7) is 5.45. The van der Waals surface area contributed by atoms with Gasteiger partial charge in [-0.1, -0.05) is 31.9 Å². The fourth-order valence-electron chi connectivity index (χ4n) is 3.70. The average Bonchev–Trinajstić information content (AvgIpc) is 2.69. The van der Waals surface area contributed by atoms with Gasteiger partial charge in [0.05, 0.1) is 13.2 Å². The molecule has 1 saturated carbocycles. The van der Waals surface area contributed by atoms with Crippen LogP contribution in [0.1, 0.15) is 38.2 Å². The number of nitrogens with zero attached hydrogens (tertiary/aromatic N) is 2. The Morgan fingerprint density at radius 2 is 1.92 bits per heavy atom. The third-order valence-corrected chi connectivity index (χ3v) is 5.37. The number of nitrogens with one attached hydrogen (secondary N) is 1. The summed E-state index contributed by atoms with van der Waals surface area (Å²) in [5.74, 6) is 0.212. The smallest absolute Gasteiger partial charge is 0.262 e. The largest absolute Gasteiger partial charge is 0.378 e. The number of benzene rings is 1. The van der Waals surface area contributed by atoms with Gasteiger partial charge in [-0.3, -0.25) is 4.79 Å². The molecule has 0 bridgehead atoms. The van der Waals surface area contributed by atoms with Crippen LogP contribution < -0.4 is 10.2 Å². The van der Waals surface area contributed by atoms with Crippen LogP contribution in [0.15, 0.2) is 29.8 Å². The molecule has 2 fully saturated rings. The predicted octanol–water partition coefficient (Wildman–Crippen LogP) is 3.13. The van der Waals surface area contributed by atoms with E-state index in [9.17, 15) is 10.1 Å². The standard InChI is InChI=1S/C21H27N3O2/c1-16-4-2-3-5-20(16)23-21(25)18(15-22)14-17-6-8-19(9-7-17)24-10-12-26-13-11-24/h6-9,14,16,20H,2-5,10-13H2,1H3,(H,23,25)/b18-14+/t16-,20+/m0/s1. The van der Waals surface area contributed by atoms with Crippen molar-refractivity contribution in [3.8, 4) is 6.07 Å². The van der Waals surface area contributed by atoms with E-state index in [1.54, 1.807) is 6.08 Å². The van der Waals surface area contributed by atoms with Gasteiger partial charge in [0.25, 0.3) is 5.91 Å². The monoisotopic (exact) mass is 353 g/mol. The molecule has 26 heavy (non-hydrogen) atoms. The summed E-state index contributed by atoms with van der Waals surface area (Å²) < 4.78 is 5.38. The summed E-state index contributed by atoms with van der Waals surface area (Å²) in [7, 11) is 0. The van der Waals surface area contributed by atoms with Gasteiger partial charge in [0.1, 0.15) is 11.6 Å². The number of hydrogen-bond donors (Lipinski definition) is 1. The van der Waals surface area contributed by atoms with Crippen LogP contribution in [0.4, 0.5) is 5.69 Å². The summed E-state index contributed by atoms with van der Waals surface area (Å²) in [6, 6.07) is 10.2. The summed E-state index contributed by atoms with van der Waals surface area (Å²) >= 11 is 0. The summed E-state index contributed by atoms with van der Waals surface area (Å²) in [4.78, 5) is 14.8. The van der Waals surface area contributed by atoms with E-state index in [0.29, 0.717) is 5.92 Å². The van der Waals surface area contributed by atoms with Crippen LogP contribution in [0.5, 0.6) is 0 Å². The van der Waals surface area contributed by atoms with Gasteiger partial charge in [0.2, 0.25) is 0 Å². The molecule has 3 rings (SSSR count). The zero-order valence-corrected chi connectivity index (χ0v) is 15.4. The van der Waals surface area contributed by atoms with Crippen molar-refractivity contribution in [3.63, 3.8) is 0 Å². The number of ether oxygens (including phenoxy) is 1. The van der Waals surface area contributed by atoms with Crippen LogP contribution in [0.2, 0.25) is 0 Å². The van der Waals surface area contributed by atoms with Crippen molar-refractivity contribution in [2.45, 2.75) is 38.6 Å². The number of hydrogen-bond acceptors (Lipinski definition) is 4. The molecule has 1 heterocycles. The Labute approximate surface area is 155 Å². The first-order valence-corrected chi connectivity index (χ1v) is 9.53. The second-order valence-electron chi connectivity index (χ2n) is 7.20. The first kappa shape index (κ1) is 18.5. The molecule has 1 saturated heterocycles. The number of rotatable bonds is 4.